The van der Waals surface area contributed by atoms with E-state index < -0.39 is 40.2 Å². The van der Waals surface area contributed by atoms with Crippen LogP contribution in [0.3, 0.4) is 0 Å². The molecule has 0 aromatic carbocycles. The van der Waals surface area contributed by atoms with Crippen LogP contribution in [0.5, 0.6) is 0 Å². The summed E-state index contributed by atoms with van der Waals surface area (Å²) in [4.78, 5) is 45.2. The van der Waals surface area contributed by atoms with Gasteiger partial charge in [0.1, 0.15) is 18.3 Å². The van der Waals surface area contributed by atoms with Crippen molar-refractivity contribution in [3.8, 4) is 0 Å². The zero-order chi connectivity index (χ0) is 21.1. The van der Waals surface area contributed by atoms with Crippen LogP contribution in [0.15, 0.2) is 23.2 Å². The first-order chi connectivity index (χ1) is 13.1. The van der Waals surface area contributed by atoms with Crippen molar-refractivity contribution >= 4 is 50.3 Å². The summed E-state index contributed by atoms with van der Waals surface area (Å²) in [5, 5.41) is 7.28. The number of ether oxygens (including phenoxy) is 1. The quantitative estimate of drug-likeness (QED) is 0.0810. The Labute approximate surface area is 162 Å². The summed E-state index contributed by atoms with van der Waals surface area (Å²) in [6.45, 7) is 3.38. The number of oxime groups is 1. The second-order valence-corrected chi connectivity index (χ2v) is 7.31. The van der Waals surface area contributed by atoms with Gasteiger partial charge in [0.25, 0.3) is 11.8 Å². The summed E-state index contributed by atoms with van der Waals surface area (Å²) in [5.41, 5.74) is 5.17. The van der Waals surface area contributed by atoms with E-state index >= 15 is 0 Å². The number of nitrogens with two attached hydrogens (primary N) is 1. The molecule has 0 unspecified atom stereocenters. The summed E-state index contributed by atoms with van der Waals surface area (Å²) in [7, 11) is -4.09. The monoisotopic (exact) mass is 433 g/mol. The van der Waals surface area contributed by atoms with Crippen LogP contribution < -0.4 is 11.1 Å². The predicted molar refractivity (Wildman–Crippen MR) is 95.3 cm³/mol. The number of nitrogen functional groups attached to an aromatic ring is 1. The van der Waals surface area contributed by atoms with E-state index in [2.05, 4.69) is 26.8 Å². The molecule has 28 heavy (non-hydrogen) atoms. The summed E-state index contributed by atoms with van der Waals surface area (Å²) in [6, 6.07) is -3.41. The molecule has 2 atom stereocenters. The van der Waals surface area contributed by atoms with E-state index in [0.29, 0.717) is 0 Å². The fourth-order valence-electron chi connectivity index (χ4n) is 2.18. The van der Waals surface area contributed by atoms with Crippen LogP contribution >= 0.6 is 11.3 Å². The molecule has 13 nitrogen and oxygen atoms in total. The van der Waals surface area contributed by atoms with Crippen molar-refractivity contribution in [1.29, 1.82) is 0 Å². The highest BCUT2D eigenvalue weighted by molar-refractivity contribution is 7.84. The van der Waals surface area contributed by atoms with E-state index in [1.54, 1.807) is 0 Å². The maximum atomic E-state index is 12.6. The molecule has 1 aromatic rings. The molecule has 2 heterocycles. The molecule has 0 aliphatic carbocycles. The number of amides is 2. The number of anilines is 1. The Morgan fingerprint density at radius 3 is 2.75 bits per heavy atom. The van der Waals surface area contributed by atoms with Gasteiger partial charge in [-0.25, -0.2) is 9.78 Å². The smallest absolute Gasteiger partial charge is 0.363 e. The van der Waals surface area contributed by atoms with E-state index in [9.17, 15) is 22.8 Å². The number of esters is 1. The molecular weight excluding hydrogens is 418 g/mol. The van der Waals surface area contributed by atoms with Gasteiger partial charge in [-0.15, -0.1) is 11.3 Å². The molecule has 0 radical (unpaired) electrons. The van der Waals surface area contributed by atoms with Crippen LogP contribution in [0.2, 0.25) is 0 Å². The average molecular weight is 433 g/mol. The maximum absolute atomic E-state index is 12.6. The minimum absolute atomic E-state index is 0.0251. The van der Waals surface area contributed by atoms with Gasteiger partial charge in [0.2, 0.25) is 0 Å². The summed E-state index contributed by atoms with van der Waals surface area (Å²) in [5.74, 6) is -3.41. The fraction of sp³-hybridized carbons (Fsp3) is 0.308. The van der Waals surface area contributed by atoms with Crippen LogP contribution in [0.1, 0.15) is 5.69 Å². The average Bonchev–Trinajstić information content (AvgIpc) is 3.04. The van der Waals surface area contributed by atoms with E-state index in [1.165, 1.54) is 11.5 Å². The molecule has 1 fully saturated rings. The topological polar surface area (TPSA) is 191 Å². The zero-order valence-electron chi connectivity index (χ0n) is 14.3. The van der Waals surface area contributed by atoms with Gasteiger partial charge in [0, 0.05) is 5.38 Å². The lowest BCUT2D eigenvalue weighted by Crippen LogP contribution is -2.74. The third-order valence-corrected chi connectivity index (χ3v) is 4.94. The molecule has 15 heteroatoms. The Balaban J connectivity index is 2.28. The standard InChI is InChI=1S/C13H15N5O8S2/c1-3-4-26-17-7(6-5-27-13(14)15-6)10(19)16-8-9(12(21)25-2)18(11(8)20)28(22,23)24/h3,5,8-9H,1,4H2,2H3,(H2,14,15)(H,16,19)(H,22,23,24)/t8-,9-/m1/s1. The van der Waals surface area contributed by atoms with Crippen molar-refractivity contribution in [2.75, 3.05) is 19.5 Å². The maximum Gasteiger partial charge on any atom is 0.363 e. The number of thiazole rings is 1. The molecule has 1 aliphatic rings. The summed E-state index contributed by atoms with van der Waals surface area (Å²) >= 11 is 1.01. The van der Waals surface area contributed by atoms with Gasteiger partial charge >= 0.3 is 16.3 Å². The first-order valence-electron chi connectivity index (χ1n) is 7.33. The summed E-state index contributed by atoms with van der Waals surface area (Å²) < 4.78 is 36.0. The molecule has 4 N–H and O–H groups in total. The number of hydrogen-bond donors (Lipinski definition) is 3. The first kappa shape index (κ1) is 21.3. The highest BCUT2D eigenvalue weighted by Crippen LogP contribution is 2.25. The van der Waals surface area contributed by atoms with Gasteiger partial charge in [0.15, 0.2) is 16.9 Å². The third-order valence-electron chi connectivity index (χ3n) is 3.36. The molecular formula is C13H15N5O8S2. The molecule has 0 saturated carbocycles. The van der Waals surface area contributed by atoms with Crippen LogP contribution in [0.4, 0.5) is 5.13 Å². The molecule has 2 amide bonds. The molecule has 2 rings (SSSR count). The Kier molecular flexibility index (Phi) is 6.32. The van der Waals surface area contributed by atoms with Crippen LogP contribution in [0, 0.1) is 0 Å². The second-order valence-electron chi connectivity index (χ2n) is 5.13. The lowest BCUT2D eigenvalue weighted by Gasteiger charge is -2.41. The van der Waals surface area contributed by atoms with E-state index in [0.717, 1.165) is 18.4 Å². The number of aromatic nitrogens is 1. The number of methoxy groups -OCH3 is 1. The normalized spacial score (nSPS) is 19.6. The van der Waals surface area contributed by atoms with Gasteiger partial charge in [-0.3, -0.25) is 14.1 Å². The number of nitrogens with zero attached hydrogens (tertiary/aromatic N) is 3. The number of nitrogens with one attached hydrogen (secondary N) is 1. The number of hydrogen-bond acceptors (Lipinski definition) is 11. The van der Waals surface area contributed by atoms with Gasteiger partial charge in [-0.1, -0.05) is 17.8 Å². The minimum atomic E-state index is -5.04. The van der Waals surface area contributed by atoms with Crippen molar-refractivity contribution < 1.29 is 36.9 Å². The van der Waals surface area contributed by atoms with E-state index in [1.807, 2.05) is 0 Å². The second kappa shape index (κ2) is 8.32. The van der Waals surface area contributed by atoms with Crippen LogP contribution in [0.25, 0.3) is 0 Å². The molecule has 0 spiro atoms. The highest BCUT2D eigenvalue weighted by atomic mass is 32.2. The van der Waals surface area contributed by atoms with Gasteiger partial charge < -0.3 is 20.6 Å². The Morgan fingerprint density at radius 2 is 2.25 bits per heavy atom. The SMILES string of the molecule is C=CCON=C(C(=O)N[C@H]1C(=O)N(S(=O)(=O)O)[C@H]1C(=O)OC)c1csc(N)n1. The van der Waals surface area contributed by atoms with E-state index in [-0.39, 0.29) is 27.4 Å². The van der Waals surface area contributed by atoms with Crippen molar-refractivity contribution in [2.24, 2.45) is 5.16 Å². The third kappa shape index (κ3) is 4.26. The van der Waals surface area contributed by atoms with Crippen LogP contribution in [-0.2, 0) is 34.3 Å². The fourth-order valence-corrected chi connectivity index (χ4v) is 3.56. The molecule has 1 saturated heterocycles. The number of carbonyl (C=O) groups is 3. The van der Waals surface area contributed by atoms with E-state index in [4.69, 9.17) is 15.1 Å². The molecule has 1 aliphatic heterocycles. The highest BCUT2D eigenvalue weighted by Gasteiger charge is 2.58. The molecule has 1 aromatic heterocycles. The van der Waals surface area contributed by atoms with Crippen molar-refractivity contribution in [3.63, 3.8) is 0 Å². The Hall–Kier alpha value is -3.04. The van der Waals surface area contributed by atoms with Crippen molar-refractivity contribution in [2.45, 2.75) is 12.1 Å². The number of β-lactam (4-membered cyclic amide) rings is 1. The van der Waals surface area contributed by atoms with Crippen LogP contribution in [-0.4, -0.2) is 71.6 Å². The van der Waals surface area contributed by atoms with Gasteiger partial charge in [-0.05, 0) is 0 Å². The van der Waals surface area contributed by atoms with Crippen molar-refractivity contribution in [3.05, 3.63) is 23.7 Å². The zero-order valence-corrected chi connectivity index (χ0v) is 15.9. The largest absolute Gasteiger partial charge is 0.467 e. The lowest BCUT2D eigenvalue weighted by atomic mass is 9.98. The lowest BCUT2D eigenvalue weighted by molar-refractivity contribution is -0.162. The number of rotatable bonds is 8. The Bertz CT molecular complexity index is 940. The first-order valence-corrected chi connectivity index (χ1v) is 9.61. The predicted octanol–water partition coefficient (Wildman–Crippen LogP) is -1.70. The molecule has 0 bridgehead atoms. The van der Waals surface area contributed by atoms with Gasteiger partial charge in [-0.2, -0.15) is 12.7 Å². The van der Waals surface area contributed by atoms with Crippen molar-refractivity contribution in [1.82, 2.24) is 14.6 Å². The minimum Gasteiger partial charge on any atom is -0.467 e. The Morgan fingerprint density at radius 1 is 1.57 bits per heavy atom. The number of carbonyl (C=O) groups excluding carboxylic acids is 3. The summed E-state index contributed by atoms with van der Waals surface area (Å²) in [6.07, 6.45) is 1.36. The van der Waals surface area contributed by atoms with Gasteiger partial charge in [0.05, 0.1) is 7.11 Å². The molecule has 152 valence electrons.